The van der Waals surface area contributed by atoms with E-state index in [0.717, 1.165) is 22.8 Å². The fraction of sp³-hybridized carbons (Fsp3) is 0.182. The average Bonchev–Trinajstić information content (AvgIpc) is 2.55. The van der Waals surface area contributed by atoms with Crippen molar-refractivity contribution in [3.05, 3.63) is 41.7 Å². The highest BCUT2D eigenvalue weighted by atomic mass is 16.5. The fourth-order valence-corrected chi connectivity index (χ4v) is 1.48. The number of hydrogen-bond donors (Lipinski definition) is 0. The number of para-hydroxylation sites is 1. The van der Waals surface area contributed by atoms with Gasteiger partial charge < -0.3 is 4.74 Å². The van der Waals surface area contributed by atoms with Gasteiger partial charge in [-0.3, -0.25) is 4.99 Å². The van der Waals surface area contributed by atoms with Crippen molar-refractivity contribution in [1.82, 2.24) is 0 Å². The third kappa shape index (κ3) is 1.15. The van der Waals surface area contributed by atoms with E-state index in [1.807, 2.05) is 37.3 Å². The summed E-state index contributed by atoms with van der Waals surface area (Å²) < 4.78 is 5.59. The molecule has 0 N–H and O–H groups in total. The van der Waals surface area contributed by atoms with E-state index in [1.165, 1.54) is 0 Å². The molecule has 0 bridgehead atoms. The largest absolute Gasteiger partial charge is 0.455 e. The van der Waals surface area contributed by atoms with Crippen LogP contribution in [0.4, 0.5) is 0 Å². The molecular formula is C11H11NO. The van der Waals surface area contributed by atoms with Gasteiger partial charge in [0.1, 0.15) is 17.2 Å². The third-order valence-electron chi connectivity index (χ3n) is 2.08. The highest BCUT2D eigenvalue weighted by molar-refractivity contribution is 6.15. The minimum atomic E-state index is 0.851. The van der Waals surface area contributed by atoms with Gasteiger partial charge in [-0.05, 0) is 25.1 Å². The highest BCUT2D eigenvalue weighted by Gasteiger charge is 2.22. The Hall–Kier alpha value is -1.57. The molecule has 1 aromatic rings. The zero-order valence-electron chi connectivity index (χ0n) is 7.74. The first kappa shape index (κ1) is 8.05. The van der Waals surface area contributed by atoms with Gasteiger partial charge in [-0.15, -0.1) is 0 Å². The standard InChI is InChI=1S/C11H11NO/c1-3-9-11(12-2)8-6-4-5-7-10(8)13-9/h3-7H,1-2H3/b9-3+,12-11-. The van der Waals surface area contributed by atoms with Gasteiger partial charge in [0, 0.05) is 12.6 Å². The molecule has 0 amide bonds. The first-order valence-electron chi connectivity index (χ1n) is 4.27. The molecule has 0 aromatic heterocycles. The van der Waals surface area contributed by atoms with Crippen molar-refractivity contribution in [3.8, 4) is 5.75 Å². The predicted octanol–water partition coefficient (Wildman–Crippen LogP) is 2.40. The molecule has 0 atom stereocenters. The van der Waals surface area contributed by atoms with Crippen molar-refractivity contribution in [2.75, 3.05) is 7.05 Å². The Kier molecular flexibility index (Phi) is 1.89. The zero-order chi connectivity index (χ0) is 9.26. The predicted molar refractivity (Wildman–Crippen MR) is 53.3 cm³/mol. The lowest BCUT2D eigenvalue weighted by molar-refractivity contribution is 0.468. The first-order valence-corrected chi connectivity index (χ1v) is 4.27. The molecule has 0 saturated heterocycles. The summed E-state index contributed by atoms with van der Waals surface area (Å²) in [6, 6.07) is 7.93. The number of hydrogen-bond acceptors (Lipinski definition) is 2. The number of benzene rings is 1. The van der Waals surface area contributed by atoms with E-state index in [0.29, 0.717) is 0 Å². The van der Waals surface area contributed by atoms with E-state index in [1.54, 1.807) is 7.05 Å². The van der Waals surface area contributed by atoms with Crippen LogP contribution in [0.2, 0.25) is 0 Å². The number of aliphatic imine (C=N–C) groups is 1. The van der Waals surface area contributed by atoms with Crippen LogP contribution in [0.3, 0.4) is 0 Å². The molecule has 1 aromatic carbocycles. The Bertz CT molecular complexity index is 391. The van der Waals surface area contributed by atoms with Crippen LogP contribution in [0.5, 0.6) is 5.75 Å². The van der Waals surface area contributed by atoms with Gasteiger partial charge in [0.2, 0.25) is 0 Å². The maximum absolute atomic E-state index is 5.59. The minimum Gasteiger partial charge on any atom is -0.455 e. The Morgan fingerprint density at radius 1 is 1.31 bits per heavy atom. The van der Waals surface area contributed by atoms with Gasteiger partial charge in [0.25, 0.3) is 0 Å². The molecule has 13 heavy (non-hydrogen) atoms. The van der Waals surface area contributed by atoms with E-state index in [4.69, 9.17) is 4.74 Å². The average molecular weight is 173 g/mol. The van der Waals surface area contributed by atoms with Crippen molar-refractivity contribution in [2.45, 2.75) is 6.92 Å². The van der Waals surface area contributed by atoms with Gasteiger partial charge in [-0.1, -0.05) is 12.1 Å². The van der Waals surface area contributed by atoms with Gasteiger partial charge in [-0.2, -0.15) is 0 Å². The molecule has 0 saturated carbocycles. The van der Waals surface area contributed by atoms with Crippen molar-refractivity contribution in [2.24, 2.45) is 4.99 Å². The van der Waals surface area contributed by atoms with Crippen molar-refractivity contribution in [3.63, 3.8) is 0 Å². The van der Waals surface area contributed by atoms with Crippen molar-refractivity contribution >= 4 is 5.71 Å². The lowest BCUT2D eigenvalue weighted by Crippen LogP contribution is -1.99. The Balaban J connectivity index is 2.59. The van der Waals surface area contributed by atoms with Gasteiger partial charge >= 0.3 is 0 Å². The molecular weight excluding hydrogens is 162 g/mol. The molecule has 0 aliphatic carbocycles. The second kappa shape index (κ2) is 3.05. The molecule has 0 spiro atoms. The summed E-state index contributed by atoms with van der Waals surface area (Å²) in [6.45, 7) is 1.95. The maximum Gasteiger partial charge on any atom is 0.149 e. The summed E-state index contributed by atoms with van der Waals surface area (Å²) >= 11 is 0. The van der Waals surface area contributed by atoms with Crippen molar-refractivity contribution < 1.29 is 4.74 Å². The normalized spacial score (nSPS) is 20.5. The molecule has 1 aliphatic rings. The van der Waals surface area contributed by atoms with Gasteiger partial charge in [0.15, 0.2) is 0 Å². The van der Waals surface area contributed by atoms with Crippen molar-refractivity contribution in [1.29, 1.82) is 0 Å². The summed E-state index contributed by atoms with van der Waals surface area (Å²) in [7, 11) is 1.78. The van der Waals surface area contributed by atoms with Crippen LogP contribution in [0.25, 0.3) is 0 Å². The molecule has 1 heterocycles. The van der Waals surface area contributed by atoms with Crippen LogP contribution >= 0.6 is 0 Å². The molecule has 0 radical (unpaired) electrons. The number of fused-ring (bicyclic) bond motifs is 1. The molecule has 2 rings (SSSR count). The summed E-state index contributed by atoms with van der Waals surface area (Å²) in [5, 5.41) is 0. The minimum absolute atomic E-state index is 0.851. The molecule has 2 nitrogen and oxygen atoms in total. The van der Waals surface area contributed by atoms with Gasteiger partial charge in [-0.25, -0.2) is 0 Å². The lowest BCUT2D eigenvalue weighted by atomic mass is 10.1. The number of rotatable bonds is 0. The molecule has 0 unspecified atom stereocenters. The van der Waals surface area contributed by atoms with E-state index in [-0.39, 0.29) is 0 Å². The molecule has 66 valence electrons. The first-order chi connectivity index (χ1) is 6.36. The topological polar surface area (TPSA) is 21.6 Å². The molecule has 1 aliphatic heterocycles. The van der Waals surface area contributed by atoms with E-state index in [9.17, 15) is 0 Å². The number of allylic oxidation sites excluding steroid dienone is 2. The quantitative estimate of drug-likeness (QED) is 0.590. The maximum atomic E-state index is 5.59. The molecule has 2 heteroatoms. The van der Waals surface area contributed by atoms with Gasteiger partial charge in [0.05, 0.1) is 0 Å². The second-order valence-electron chi connectivity index (χ2n) is 2.82. The highest BCUT2D eigenvalue weighted by Crippen LogP contribution is 2.30. The Morgan fingerprint density at radius 2 is 2.08 bits per heavy atom. The number of ether oxygens (including phenoxy) is 1. The van der Waals surface area contributed by atoms with Crippen LogP contribution in [-0.2, 0) is 0 Å². The summed E-state index contributed by atoms with van der Waals surface area (Å²) in [4.78, 5) is 4.20. The summed E-state index contributed by atoms with van der Waals surface area (Å²) in [5.74, 6) is 1.75. The Morgan fingerprint density at radius 3 is 2.77 bits per heavy atom. The number of nitrogens with zero attached hydrogens (tertiary/aromatic N) is 1. The van der Waals surface area contributed by atoms with Crippen LogP contribution in [-0.4, -0.2) is 12.8 Å². The summed E-state index contributed by atoms with van der Waals surface area (Å²) in [5.41, 5.74) is 2.02. The third-order valence-corrected chi connectivity index (χ3v) is 2.08. The van der Waals surface area contributed by atoms with E-state index >= 15 is 0 Å². The SMILES string of the molecule is C/C=C1/Oc2ccccc2/C1=N/C. The molecule has 0 fully saturated rings. The monoisotopic (exact) mass is 173 g/mol. The smallest absolute Gasteiger partial charge is 0.149 e. The van der Waals surface area contributed by atoms with Crippen LogP contribution in [0.1, 0.15) is 12.5 Å². The Labute approximate surface area is 77.6 Å². The van der Waals surface area contributed by atoms with Crippen LogP contribution in [0.15, 0.2) is 41.1 Å². The zero-order valence-corrected chi connectivity index (χ0v) is 7.74. The second-order valence-corrected chi connectivity index (χ2v) is 2.82. The van der Waals surface area contributed by atoms with E-state index in [2.05, 4.69) is 4.99 Å². The van der Waals surface area contributed by atoms with Crippen LogP contribution in [0, 0.1) is 0 Å². The van der Waals surface area contributed by atoms with Crippen LogP contribution < -0.4 is 4.74 Å². The van der Waals surface area contributed by atoms with E-state index < -0.39 is 0 Å². The lowest BCUT2D eigenvalue weighted by Gasteiger charge is -1.95. The summed E-state index contributed by atoms with van der Waals surface area (Å²) in [6.07, 6.45) is 1.93. The fourth-order valence-electron chi connectivity index (χ4n) is 1.48.